The maximum Gasteiger partial charge on any atom is 0.0660 e. The molecule has 0 fully saturated rings. The zero-order valence-corrected chi connectivity index (χ0v) is 10.8. The van der Waals surface area contributed by atoms with Crippen molar-refractivity contribution in [2.75, 3.05) is 12.4 Å². The normalized spacial score (nSPS) is 10.6. The second-order valence-electron chi connectivity index (χ2n) is 4.61. The summed E-state index contributed by atoms with van der Waals surface area (Å²) in [5, 5.41) is 3.15. The summed E-state index contributed by atoms with van der Waals surface area (Å²) in [6.45, 7) is 8.44. The zero-order valence-electron chi connectivity index (χ0n) is 10.8. The molecule has 0 aliphatic heterocycles. The summed E-state index contributed by atoms with van der Waals surface area (Å²) in [4.78, 5) is 4.27. The van der Waals surface area contributed by atoms with Gasteiger partial charge in [0.05, 0.1) is 11.3 Å². The molecule has 0 unspecified atom stereocenters. The molecule has 86 valence electrons. The topological polar surface area (TPSA) is 24.9 Å². The van der Waals surface area contributed by atoms with E-state index in [0.29, 0.717) is 0 Å². The monoisotopic (exact) mass is 216 g/mol. The molecule has 1 heterocycles. The number of nitrogens with zero attached hydrogens (tertiary/aromatic N) is 1. The van der Waals surface area contributed by atoms with E-state index in [1.807, 2.05) is 26.2 Å². The highest BCUT2D eigenvalue weighted by atomic mass is 14.8. The van der Waals surface area contributed by atoms with Crippen LogP contribution in [0.1, 0.15) is 38.4 Å². The average Bonchev–Trinajstić information content (AvgIpc) is 2.27. The molecule has 0 saturated carbocycles. The van der Waals surface area contributed by atoms with Crippen molar-refractivity contribution in [3.05, 3.63) is 23.5 Å². The maximum atomic E-state index is 4.27. The van der Waals surface area contributed by atoms with Crippen molar-refractivity contribution < 1.29 is 0 Å². The molecule has 0 atom stereocenters. The Morgan fingerprint density at radius 2 is 2.12 bits per heavy atom. The van der Waals surface area contributed by atoms with Crippen LogP contribution in [0.4, 0.5) is 5.69 Å². The Kier molecular flexibility index (Phi) is 3.95. The van der Waals surface area contributed by atoms with E-state index in [-0.39, 0.29) is 5.41 Å². The highest BCUT2D eigenvalue weighted by Crippen LogP contribution is 2.19. The lowest BCUT2D eigenvalue weighted by atomic mass is 9.91. The molecular formula is C14H20N2. The third-order valence-electron chi connectivity index (χ3n) is 2.73. The van der Waals surface area contributed by atoms with Gasteiger partial charge in [-0.1, -0.05) is 18.8 Å². The summed E-state index contributed by atoms with van der Waals surface area (Å²) in [6.07, 6.45) is 2.88. The lowest BCUT2D eigenvalue weighted by Crippen LogP contribution is -2.05. The number of aromatic nitrogens is 1. The summed E-state index contributed by atoms with van der Waals surface area (Å²) in [5.41, 5.74) is 3.08. The van der Waals surface area contributed by atoms with Crippen LogP contribution < -0.4 is 5.32 Å². The molecule has 1 aromatic rings. The minimum absolute atomic E-state index is 0.0654. The van der Waals surface area contributed by atoms with Crippen molar-refractivity contribution in [3.63, 3.8) is 0 Å². The van der Waals surface area contributed by atoms with E-state index >= 15 is 0 Å². The molecule has 1 aromatic heterocycles. The van der Waals surface area contributed by atoms with Gasteiger partial charge in [-0.2, -0.15) is 0 Å². The molecule has 0 saturated heterocycles. The van der Waals surface area contributed by atoms with Crippen molar-refractivity contribution in [3.8, 4) is 11.8 Å². The first-order valence-electron chi connectivity index (χ1n) is 5.66. The largest absolute Gasteiger partial charge is 0.387 e. The number of aryl methyl sites for hydroxylation is 1. The molecule has 0 aliphatic rings. The molecule has 2 nitrogen and oxygen atoms in total. The number of hydrogen-bond donors (Lipinski definition) is 1. The van der Waals surface area contributed by atoms with E-state index in [1.165, 1.54) is 0 Å². The molecule has 16 heavy (non-hydrogen) atoms. The second kappa shape index (κ2) is 5.03. The molecule has 2 heteroatoms. The van der Waals surface area contributed by atoms with Gasteiger partial charge in [0.15, 0.2) is 0 Å². The molecule has 0 amide bonds. The molecule has 0 spiro atoms. The van der Waals surface area contributed by atoms with Gasteiger partial charge in [0.25, 0.3) is 0 Å². The Bertz CT molecular complexity index is 422. The standard InChI is InChI=1S/C14H20N2/c1-6-14(3,4)8-7-12-10-16-11(2)9-13(12)15-5/h9-10H,6H2,1-5H3,(H,15,16). The van der Waals surface area contributed by atoms with E-state index < -0.39 is 0 Å². The van der Waals surface area contributed by atoms with E-state index in [1.54, 1.807) is 0 Å². The van der Waals surface area contributed by atoms with Crippen LogP contribution >= 0.6 is 0 Å². The highest BCUT2D eigenvalue weighted by molar-refractivity contribution is 5.58. The molecule has 1 N–H and O–H groups in total. The van der Waals surface area contributed by atoms with Crippen LogP contribution in [0.5, 0.6) is 0 Å². The van der Waals surface area contributed by atoms with Crippen LogP contribution in [0.15, 0.2) is 12.3 Å². The number of nitrogens with one attached hydrogen (secondary N) is 1. The van der Waals surface area contributed by atoms with Crippen LogP contribution in [0.25, 0.3) is 0 Å². The lowest BCUT2D eigenvalue weighted by Gasteiger charge is -2.13. The predicted octanol–water partition coefficient (Wildman–Crippen LogP) is 3.22. The van der Waals surface area contributed by atoms with Gasteiger partial charge in [-0.05, 0) is 33.3 Å². The molecule has 0 bridgehead atoms. The summed E-state index contributed by atoms with van der Waals surface area (Å²) in [6, 6.07) is 2.02. The number of hydrogen-bond acceptors (Lipinski definition) is 2. The fourth-order valence-corrected chi connectivity index (χ4v) is 1.19. The third kappa shape index (κ3) is 3.27. The van der Waals surface area contributed by atoms with Crippen LogP contribution in [0, 0.1) is 24.2 Å². The van der Waals surface area contributed by atoms with Gasteiger partial charge in [-0.15, -0.1) is 0 Å². The Hall–Kier alpha value is -1.49. The van der Waals surface area contributed by atoms with Gasteiger partial charge < -0.3 is 5.32 Å². The summed E-state index contributed by atoms with van der Waals surface area (Å²) in [5.74, 6) is 6.50. The fourth-order valence-electron chi connectivity index (χ4n) is 1.19. The maximum absolute atomic E-state index is 4.27. The van der Waals surface area contributed by atoms with Crippen LogP contribution in [0.3, 0.4) is 0 Å². The fraction of sp³-hybridized carbons (Fsp3) is 0.500. The summed E-state index contributed by atoms with van der Waals surface area (Å²) < 4.78 is 0. The van der Waals surface area contributed by atoms with Crippen molar-refractivity contribution in [2.24, 2.45) is 5.41 Å². The summed E-state index contributed by atoms with van der Waals surface area (Å²) in [7, 11) is 1.91. The Morgan fingerprint density at radius 3 is 2.69 bits per heavy atom. The van der Waals surface area contributed by atoms with E-state index in [9.17, 15) is 0 Å². The Morgan fingerprint density at radius 1 is 1.44 bits per heavy atom. The minimum Gasteiger partial charge on any atom is -0.387 e. The predicted molar refractivity (Wildman–Crippen MR) is 69.5 cm³/mol. The lowest BCUT2D eigenvalue weighted by molar-refractivity contribution is 0.484. The Labute approximate surface area is 98.5 Å². The van der Waals surface area contributed by atoms with Gasteiger partial charge >= 0.3 is 0 Å². The molecule has 0 aromatic carbocycles. The van der Waals surface area contributed by atoms with Crippen LogP contribution in [-0.4, -0.2) is 12.0 Å². The molecule has 0 aliphatic carbocycles. The van der Waals surface area contributed by atoms with Crippen LogP contribution in [0.2, 0.25) is 0 Å². The number of rotatable bonds is 2. The third-order valence-corrected chi connectivity index (χ3v) is 2.73. The van der Waals surface area contributed by atoms with E-state index in [2.05, 4.69) is 42.9 Å². The highest BCUT2D eigenvalue weighted by Gasteiger charge is 2.10. The van der Waals surface area contributed by atoms with Gasteiger partial charge in [0.2, 0.25) is 0 Å². The minimum atomic E-state index is 0.0654. The molecular weight excluding hydrogens is 196 g/mol. The first-order valence-corrected chi connectivity index (χ1v) is 5.66. The van der Waals surface area contributed by atoms with Crippen molar-refractivity contribution >= 4 is 5.69 Å². The van der Waals surface area contributed by atoms with Crippen LogP contribution in [-0.2, 0) is 0 Å². The second-order valence-corrected chi connectivity index (χ2v) is 4.61. The number of pyridine rings is 1. The van der Waals surface area contributed by atoms with Gasteiger partial charge in [-0.3, -0.25) is 4.98 Å². The van der Waals surface area contributed by atoms with E-state index in [0.717, 1.165) is 23.4 Å². The first kappa shape index (κ1) is 12.6. The first-order chi connectivity index (χ1) is 7.48. The Balaban J connectivity index is 3.06. The van der Waals surface area contributed by atoms with Gasteiger partial charge in [0, 0.05) is 24.4 Å². The van der Waals surface area contributed by atoms with Crippen molar-refractivity contribution in [2.45, 2.75) is 34.1 Å². The summed E-state index contributed by atoms with van der Waals surface area (Å²) >= 11 is 0. The molecule has 1 rings (SSSR count). The van der Waals surface area contributed by atoms with Crippen molar-refractivity contribution in [1.29, 1.82) is 0 Å². The average molecular weight is 216 g/mol. The van der Waals surface area contributed by atoms with E-state index in [4.69, 9.17) is 0 Å². The molecule has 0 radical (unpaired) electrons. The SMILES string of the molecule is CCC(C)(C)C#Cc1cnc(C)cc1NC. The van der Waals surface area contributed by atoms with Crippen molar-refractivity contribution in [1.82, 2.24) is 4.98 Å². The zero-order chi connectivity index (χ0) is 12.2. The smallest absolute Gasteiger partial charge is 0.0660 e. The van der Waals surface area contributed by atoms with Gasteiger partial charge in [-0.25, -0.2) is 0 Å². The van der Waals surface area contributed by atoms with Gasteiger partial charge in [0.1, 0.15) is 0 Å². The number of anilines is 1. The quantitative estimate of drug-likeness (QED) is 0.768.